The fourth-order valence-electron chi connectivity index (χ4n) is 0.983. The van der Waals surface area contributed by atoms with Crippen LogP contribution < -0.4 is 0 Å². The highest BCUT2D eigenvalue weighted by atomic mass is 19.1. The molecule has 0 spiro atoms. The molecule has 3 nitrogen and oxygen atoms in total. The lowest BCUT2D eigenvalue weighted by Crippen LogP contribution is -2.35. The second kappa shape index (κ2) is 4.80. The molecule has 4 heteroatoms. The number of hydrogen-bond donors (Lipinski definition) is 0. The molecule has 0 saturated heterocycles. The van der Waals surface area contributed by atoms with Gasteiger partial charge in [0.1, 0.15) is 6.07 Å². The van der Waals surface area contributed by atoms with Crippen molar-refractivity contribution < 1.29 is 13.9 Å². The average Bonchev–Trinajstić information content (AvgIpc) is 2.03. The van der Waals surface area contributed by atoms with Gasteiger partial charge < -0.3 is 4.74 Å². The van der Waals surface area contributed by atoms with E-state index in [0.717, 1.165) is 0 Å². The number of nitriles is 1. The number of carbonyl (C=O) groups is 1. The molecule has 0 aliphatic rings. The molecule has 1 atom stereocenters. The normalized spacial score (nSPS) is 14.8. The van der Waals surface area contributed by atoms with E-state index in [9.17, 15) is 9.18 Å². The molecule has 0 aliphatic carbocycles. The molecule has 1 unspecified atom stereocenters. The van der Waals surface area contributed by atoms with Crippen LogP contribution in [0, 0.1) is 17.2 Å². The van der Waals surface area contributed by atoms with Crippen molar-refractivity contribution >= 4 is 5.97 Å². The van der Waals surface area contributed by atoms with Crippen LogP contribution in [0.5, 0.6) is 0 Å². The highest BCUT2D eigenvalue weighted by Gasteiger charge is 2.41. The molecule has 0 fully saturated rings. The van der Waals surface area contributed by atoms with Gasteiger partial charge in [-0.05, 0) is 12.8 Å². The molecule has 0 saturated carbocycles. The van der Waals surface area contributed by atoms with Gasteiger partial charge in [-0.15, -0.1) is 0 Å². The smallest absolute Gasteiger partial charge is 0.358 e. The van der Waals surface area contributed by atoms with E-state index < -0.39 is 11.6 Å². The van der Waals surface area contributed by atoms with Gasteiger partial charge in [-0.2, -0.15) is 5.26 Å². The van der Waals surface area contributed by atoms with Crippen molar-refractivity contribution in [1.29, 1.82) is 5.26 Å². The van der Waals surface area contributed by atoms with Crippen LogP contribution >= 0.6 is 0 Å². The first-order valence-electron chi connectivity index (χ1n) is 4.23. The quantitative estimate of drug-likeness (QED) is 0.631. The third-order valence-corrected chi connectivity index (χ3v) is 1.47. The fourth-order valence-corrected chi connectivity index (χ4v) is 0.983. The van der Waals surface area contributed by atoms with Crippen molar-refractivity contribution in [3.05, 3.63) is 0 Å². The van der Waals surface area contributed by atoms with Gasteiger partial charge in [0.2, 0.25) is 0 Å². The largest absolute Gasteiger partial charge is 0.463 e. The van der Waals surface area contributed by atoms with E-state index in [-0.39, 0.29) is 18.9 Å². The number of carbonyl (C=O) groups excluding carboxylic acids is 1. The van der Waals surface area contributed by atoms with Gasteiger partial charge in [-0.25, -0.2) is 9.18 Å². The van der Waals surface area contributed by atoms with Crippen LogP contribution in [0.1, 0.15) is 27.2 Å². The van der Waals surface area contributed by atoms with Crippen LogP contribution in [0.4, 0.5) is 4.39 Å². The molecule has 0 N–H and O–H groups in total. The molecule has 0 aromatic rings. The highest BCUT2D eigenvalue weighted by Crippen LogP contribution is 2.22. The van der Waals surface area contributed by atoms with Crippen LogP contribution in [-0.4, -0.2) is 18.2 Å². The van der Waals surface area contributed by atoms with Gasteiger partial charge in [0.05, 0.1) is 6.61 Å². The Morgan fingerprint density at radius 3 is 2.54 bits per heavy atom. The third kappa shape index (κ3) is 3.41. The summed E-state index contributed by atoms with van der Waals surface area (Å²) in [6, 6.07) is 1.35. The van der Waals surface area contributed by atoms with E-state index in [0.29, 0.717) is 0 Å². The minimum Gasteiger partial charge on any atom is -0.463 e. The number of nitrogens with zero attached hydrogens (tertiary/aromatic N) is 1. The van der Waals surface area contributed by atoms with E-state index in [1.165, 1.54) is 6.07 Å². The van der Waals surface area contributed by atoms with Crippen molar-refractivity contribution in [1.82, 2.24) is 0 Å². The Labute approximate surface area is 77.5 Å². The monoisotopic (exact) mass is 187 g/mol. The Balaban J connectivity index is 4.45. The van der Waals surface area contributed by atoms with E-state index in [2.05, 4.69) is 4.74 Å². The first-order valence-corrected chi connectivity index (χ1v) is 4.23. The number of alkyl halides is 1. The summed E-state index contributed by atoms with van der Waals surface area (Å²) >= 11 is 0. The Morgan fingerprint density at radius 1 is 1.69 bits per heavy atom. The molecule has 13 heavy (non-hydrogen) atoms. The molecule has 0 amide bonds. The average molecular weight is 187 g/mol. The van der Waals surface area contributed by atoms with E-state index in [4.69, 9.17) is 5.26 Å². The molecule has 0 aromatic heterocycles. The molecule has 0 heterocycles. The number of esters is 1. The lowest BCUT2D eigenvalue weighted by Gasteiger charge is -2.17. The SMILES string of the molecule is CCOC(=O)C(F)(C#N)CC(C)C. The first-order chi connectivity index (χ1) is 5.96. The summed E-state index contributed by atoms with van der Waals surface area (Å²) in [5.74, 6) is -1.14. The zero-order chi connectivity index (χ0) is 10.5. The van der Waals surface area contributed by atoms with Crippen LogP contribution in [0.15, 0.2) is 0 Å². The Morgan fingerprint density at radius 2 is 2.23 bits per heavy atom. The van der Waals surface area contributed by atoms with Gasteiger partial charge in [0, 0.05) is 6.42 Å². The topological polar surface area (TPSA) is 50.1 Å². The Bertz CT molecular complexity index is 222. The minimum absolute atomic E-state index is 0.0611. The molecule has 0 radical (unpaired) electrons. The van der Waals surface area contributed by atoms with Crippen LogP contribution in [0.2, 0.25) is 0 Å². The third-order valence-electron chi connectivity index (χ3n) is 1.47. The maximum atomic E-state index is 13.5. The molecule has 0 aromatic carbocycles. The van der Waals surface area contributed by atoms with E-state index in [1.807, 2.05) is 0 Å². The van der Waals surface area contributed by atoms with Crippen LogP contribution in [0.3, 0.4) is 0 Å². The molecular weight excluding hydrogens is 173 g/mol. The standard InChI is InChI=1S/C9H14FNO2/c1-4-13-8(12)9(10,6-11)5-7(2)3/h7H,4-5H2,1-3H3. The zero-order valence-electron chi connectivity index (χ0n) is 8.13. The first kappa shape index (κ1) is 11.9. The summed E-state index contributed by atoms with van der Waals surface area (Å²) in [7, 11) is 0. The molecular formula is C9H14FNO2. The number of halogens is 1. The second-order valence-electron chi connectivity index (χ2n) is 3.23. The van der Waals surface area contributed by atoms with Crippen molar-refractivity contribution in [3.8, 4) is 6.07 Å². The lowest BCUT2D eigenvalue weighted by atomic mass is 9.96. The van der Waals surface area contributed by atoms with E-state index >= 15 is 0 Å². The molecule has 74 valence electrons. The molecule has 0 aliphatic heterocycles. The van der Waals surface area contributed by atoms with Crippen LogP contribution in [0.25, 0.3) is 0 Å². The van der Waals surface area contributed by atoms with Crippen molar-refractivity contribution in [2.24, 2.45) is 5.92 Å². The number of rotatable bonds is 4. The maximum absolute atomic E-state index is 13.5. The molecule has 0 bridgehead atoms. The Hall–Kier alpha value is -1.11. The van der Waals surface area contributed by atoms with Gasteiger partial charge in [-0.3, -0.25) is 0 Å². The zero-order valence-corrected chi connectivity index (χ0v) is 8.13. The van der Waals surface area contributed by atoms with Crippen molar-refractivity contribution in [2.45, 2.75) is 32.9 Å². The number of hydrogen-bond acceptors (Lipinski definition) is 3. The summed E-state index contributed by atoms with van der Waals surface area (Å²) in [6.45, 7) is 5.14. The lowest BCUT2D eigenvalue weighted by molar-refractivity contribution is -0.154. The maximum Gasteiger partial charge on any atom is 0.358 e. The van der Waals surface area contributed by atoms with Gasteiger partial charge >= 0.3 is 5.97 Å². The summed E-state index contributed by atoms with van der Waals surface area (Å²) in [4.78, 5) is 11.0. The van der Waals surface area contributed by atoms with Crippen molar-refractivity contribution in [2.75, 3.05) is 6.61 Å². The summed E-state index contributed by atoms with van der Waals surface area (Å²) < 4.78 is 18.0. The summed E-state index contributed by atoms with van der Waals surface area (Å²) in [5.41, 5.74) is -2.48. The predicted molar refractivity (Wildman–Crippen MR) is 45.5 cm³/mol. The van der Waals surface area contributed by atoms with Gasteiger partial charge in [0.25, 0.3) is 5.67 Å². The van der Waals surface area contributed by atoms with E-state index in [1.54, 1.807) is 20.8 Å². The van der Waals surface area contributed by atoms with Crippen LogP contribution in [-0.2, 0) is 9.53 Å². The van der Waals surface area contributed by atoms with Crippen molar-refractivity contribution in [3.63, 3.8) is 0 Å². The Kier molecular flexibility index (Phi) is 4.39. The number of ether oxygens (including phenoxy) is 1. The predicted octanol–water partition coefficient (Wildman–Crippen LogP) is 1.83. The summed E-state index contributed by atoms with van der Waals surface area (Å²) in [6.07, 6.45) is -0.123. The van der Waals surface area contributed by atoms with Gasteiger partial charge in [0.15, 0.2) is 0 Å². The summed E-state index contributed by atoms with van der Waals surface area (Å²) in [5, 5.41) is 8.51. The minimum atomic E-state index is -2.48. The fraction of sp³-hybridized carbons (Fsp3) is 0.778. The van der Waals surface area contributed by atoms with Gasteiger partial charge in [-0.1, -0.05) is 13.8 Å². The molecule has 0 rings (SSSR count). The second-order valence-corrected chi connectivity index (χ2v) is 3.23. The highest BCUT2D eigenvalue weighted by molar-refractivity contribution is 5.82.